The highest BCUT2D eigenvalue weighted by Crippen LogP contribution is 2.30. The molecule has 0 atom stereocenters. The maximum atomic E-state index is 12.5. The van der Waals surface area contributed by atoms with E-state index in [0.29, 0.717) is 6.54 Å². The Morgan fingerprint density at radius 1 is 1.29 bits per heavy atom. The number of halogens is 3. The summed E-state index contributed by atoms with van der Waals surface area (Å²) in [7, 11) is 3.88. The summed E-state index contributed by atoms with van der Waals surface area (Å²) in [5.41, 5.74) is -0.466. The van der Waals surface area contributed by atoms with Crippen molar-refractivity contribution < 1.29 is 18.0 Å². The van der Waals surface area contributed by atoms with Crippen LogP contribution in [0.3, 0.4) is 0 Å². The van der Waals surface area contributed by atoms with Crippen molar-refractivity contribution in [2.75, 3.05) is 39.0 Å². The molecule has 1 amide bonds. The van der Waals surface area contributed by atoms with Gasteiger partial charge in [-0.3, -0.25) is 4.79 Å². The van der Waals surface area contributed by atoms with Gasteiger partial charge in [0.2, 0.25) is 5.91 Å². The summed E-state index contributed by atoms with van der Waals surface area (Å²) in [5, 5.41) is 5.39. The Balaban J connectivity index is 2.36. The van der Waals surface area contributed by atoms with Gasteiger partial charge in [-0.15, -0.1) is 0 Å². The third kappa shape index (κ3) is 6.99. The van der Waals surface area contributed by atoms with E-state index in [4.69, 9.17) is 0 Å². The second kappa shape index (κ2) is 7.87. The zero-order valence-electron chi connectivity index (χ0n) is 12.1. The lowest BCUT2D eigenvalue weighted by molar-refractivity contribution is -0.137. The van der Waals surface area contributed by atoms with Gasteiger partial charge in [0.15, 0.2) is 0 Å². The molecular weight excluding hydrogens is 283 g/mol. The van der Waals surface area contributed by atoms with E-state index in [9.17, 15) is 18.0 Å². The number of amides is 1. The fourth-order valence-corrected chi connectivity index (χ4v) is 1.67. The predicted molar refractivity (Wildman–Crippen MR) is 76.1 cm³/mol. The number of hydrogen-bond donors (Lipinski definition) is 2. The average molecular weight is 303 g/mol. The van der Waals surface area contributed by atoms with Crippen molar-refractivity contribution in [1.29, 1.82) is 0 Å². The van der Waals surface area contributed by atoms with Crippen LogP contribution in [-0.4, -0.2) is 44.5 Å². The molecule has 4 nitrogen and oxygen atoms in total. The monoisotopic (exact) mass is 303 g/mol. The molecule has 1 aromatic rings. The third-order valence-electron chi connectivity index (χ3n) is 2.75. The molecule has 0 bridgehead atoms. The Hall–Kier alpha value is -1.76. The molecule has 7 heteroatoms. The van der Waals surface area contributed by atoms with Gasteiger partial charge in [0, 0.05) is 12.2 Å². The second-order valence-corrected chi connectivity index (χ2v) is 4.94. The van der Waals surface area contributed by atoms with Crippen LogP contribution in [0.25, 0.3) is 0 Å². The number of nitrogens with one attached hydrogen (secondary N) is 2. The van der Waals surface area contributed by atoms with Gasteiger partial charge in [-0.25, -0.2) is 0 Å². The fraction of sp³-hybridized carbons (Fsp3) is 0.500. The first kappa shape index (κ1) is 17.3. The molecule has 1 rings (SSSR count). The van der Waals surface area contributed by atoms with Gasteiger partial charge in [0.05, 0.1) is 12.1 Å². The maximum Gasteiger partial charge on any atom is 0.416 e. The summed E-state index contributed by atoms with van der Waals surface area (Å²) in [6.45, 7) is 1.35. The van der Waals surface area contributed by atoms with Crippen LogP contribution in [0.15, 0.2) is 24.3 Å². The number of carbonyl (C=O) groups excluding carboxylic acids is 1. The number of rotatable bonds is 7. The van der Waals surface area contributed by atoms with Gasteiger partial charge < -0.3 is 15.5 Å². The van der Waals surface area contributed by atoms with Crippen molar-refractivity contribution in [2.24, 2.45) is 0 Å². The first-order chi connectivity index (χ1) is 9.79. The van der Waals surface area contributed by atoms with Crippen LogP contribution in [0.1, 0.15) is 12.0 Å². The third-order valence-corrected chi connectivity index (χ3v) is 2.75. The van der Waals surface area contributed by atoms with Crippen molar-refractivity contribution in [3.8, 4) is 0 Å². The van der Waals surface area contributed by atoms with Crippen LogP contribution in [0.2, 0.25) is 0 Å². The Morgan fingerprint density at radius 3 is 2.62 bits per heavy atom. The SMILES string of the molecule is CN(C)CCCNC(=O)CNc1cccc(C(F)(F)F)c1. The first-order valence-electron chi connectivity index (χ1n) is 6.61. The Kier molecular flexibility index (Phi) is 6.48. The summed E-state index contributed by atoms with van der Waals surface area (Å²) < 4.78 is 37.6. The van der Waals surface area contributed by atoms with E-state index in [1.165, 1.54) is 12.1 Å². The van der Waals surface area contributed by atoms with Crippen molar-refractivity contribution in [3.63, 3.8) is 0 Å². The summed E-state index contributed by atoms with van der Waals surface area (Å²) in [6.07, 6.45) is -3.56. The van der Waals surface area contributed by atoms with Gasteiger partial charge in [0.25, 0.3) is 0 Å². The molecule has 1 aromatic carbocycles. The van der Waals surface area contributed by atoms with Crippen LogP contribution < -0.4 is 10.6 Å². The number of hydrogen-bond acceptors (Lipinski definition) is 3. The van der Waals surface area contributed by atoms with Gasteiger partial charge >= 0.3 is 6.18 Å². The van der Waals surface area contributed by atoms with Crippen LogP contribution in [0.4, 0.5) is 18.9 Å². The molecule has 0 radical (unpaired) electrons. The number of alkyl halides is 3. The van der Waals surface area contributed by atoms with Crippen LogP contribution in [0.5, 0.6) is 0 Å². The van der Waals surface area contributed by atoms with Crippen LogP contribution >= 0.6 is 0 Å². The standard InChI is InChI=1S/C14H20F3N3O/c1-20(2)8-4-7-18-13(21)10-19-12-6-3-5-11(9-12)14(15,16)17/h3,5-6,9,19H,4,7-8,10H2,1-2H3,(H,18,21). The van der Waals surface area contributed by atoms with Gasteiger partial charge in [0.1, 0.15) is 0 Å². The van der Waals surface area contributed by atoms with E-state index in [1.807, 2.05) is 19.0 Å². The molecule has 0 unspecified atom stereocenters. The minimum absolute atomic E-state index is 0.0523. The molecule has 0 aliphatic rings. The van der Waals surface area contributed by atoms with Crippen molar-refractivity contribution in [1.82, 2.24) is 10.2 Å². The maximum absolute atomic E-state index is 12.5. The normalized spacial score (nSPS) is 11.5. The van der Waals surface area contributed by atoms with Gasteiger partial charge in [-0.2, -0.15) is 13.2 Å². The van der Waals surface area contributed by atoms with Gasteiger partial charge in [-0.05, 0) is 45.3 Å². The van der Waals surface area contributed by atoms with E-state index < -0.39 is 11.7 Å². The predicted octanol–water partition coefficient (Wildman–Crippen LogP) is 2.19. The highest BCUT2D eigenvalue weighted by atomic mass is 19.4. The molecule has 0 aromatic heterocycles. The number of nitrogens with zero attached hydrogens (tertiary/aromatic N) is 1. The van der Waals surface area contributed by atoms with E-state index in [2.05, 4.69) is 10.6 Å². The van der Waals surface area contributed by atoms with Crippen molar-refractivity contribution >= 4 is 11.6 Å². The lowest BCUT2D eigenvalue weighted by atomic mass is 10.2. The smallest absolute Gasteiger partial charge is 0.376 e. The Labute approximate surface area is 122 Å². The van der Waals surface area contributed by atoms with Crippen LogP contribution in [-0.2, 0) is 11.0 Å². The van der Waals surface area contributed by atoms with E-state index in [-0.39, 0.29) is 18.1 Å². The van der Waals surface area contributed by atoms with E-state index in [1.54, 1.807) is 0 Å². The molecule has 118 valence electrons. The second-order valence-electron chi connectivity index (χ2n) is 4.94. The average Bonchev–Trinajstić information content (AvgIpc) is 2.40. The molecule has 0 aliphatic heterocycles. The lowest BCUT2D eigenvalue weighted by Gasteiger charge is -2.12. The number of anilines is 1. The molecule has 0 saturated carbocycles. The van der Waals surface area contributed by atoms with Crippen molar-refractivity contribution in [3.05, 3.63) is 29.8 Å². The van der Waals surface area contributed by atoms with E-state index in [0.717, 1.165) is 25.1 Å². The molecule has 0 aliphatic carbocycles. The molecule has 0 saturated heterocycles. The zero-order valence-corrected chi connectivity index (χ0v) is 12.1. The highest BCUT2D eigenvalue weighted by Gasteiger charge is 2.30. The fourth-order valence-electron chi connectivity index (χ4n) is 1.67. The molecular formula is C14H20F3N3O. The van der Waals surface area contributed by atoms with Crippen LogP contribution in [0, 0.1) is 0 Å². The Bertz CT molecular complexity index is 461. The lowest BCUT2D eigenvalue weighted by Crippen LogP contribution is -2.32. The molecule has 0 spiro atoms. The first-order valence-corrected chi connectivity index (χ1v) is 6.61. The molecule has 0 heterocycles. The van der Waals surface area contributed by atoms with E-state index >= 15 is 0 Å². The zero-order chi connectivity index (χ0) is 15.9. The topological polar surface area (TPSA) is 44.4 Å². The highest BCUT2D eigenvalue weighted by molar-refractivity contribution is 5.80. The number of carbonyl (C=O) groups is 1. The summed E-state index contributed by atoms with van der Waals surface area (Å²) in [4.78, 5) is 13.5. The number of benzene rings is 1. The Morgan fingerprint density at radius 2 is 2.00 bits per heavy atom. The minimum Gasteiger partial charge on any atom is -0.376 e. The summed E-state index contributed by atoms with van der Waals surface area (Å²) in [6, 6.07) is 4.78. The molecule has 2 N–H and O–H groups in total. The molecule has 21 heavy (non-hydrogen) atoms. The summed E-state index contributed by atoms with van der Waals surface area (Å²) in [5.74, 6) is -0.244. The molecule has 0 fully saturated rings. The summed E-state index contributed by atoms with van der Waals surface area (Å²) >= 11 is 0. The minimum atomic E-state index is -4.38. The largest absolute Gasteiger partial charge is 0.416 e. The quantitative estimate of drug-likeness (QED) is 0.759. The van der Waals surface area contributed by atoms with Gasteiger partial charge in [-0.1, -0.05) is 6.07 Å². The van der Waals surface area contributed by atoms with Crippen molar-refractivity contribution in [2.45, 2.75) is 12.6 Å².